The first kappa shape index (κ1) is 12.9. The maximum atomic E-state index is 12.3. The lowest BCUT2D eigenvalue weighted by atomic mass is 10.2. The van der Waals surface area contributed by atoms with Gasteiger partial charge in [0, 0.05) is 17.5 Å². The molecule has 5 nitrogen and oxygen atoms in total. The van der Waals surface area contributed by atoms with Crippen LogP contribution in [0.4, 0.5) is 5.69 Å². The molecule has 22 heavy (non-hydrogen) atoms. The van der Waals surface area contributed by atoms with Crippen LogP contribution in [0.1, 0.15) is 34.9 Å². The van der Waals surface area contributed by atoms with Gasteiger partial charge in [0.15, 0.2) is 5.69 Å². The van der Waals surface area contributed by atoms with Gasteiger partial charge in [0.1, 0.15) is 0 Å². The van der Waals surface area contributed by atoms with Crippen LogP contribution in [0.3, 0.4) is 0 Å². The first-order chi connectivity index (χ1) is 10.8. The highest BCUT2D eigenvalue weighted by Crippen LogP contribution is 2.38. The number of nitrogens with one attached hydrogen (secondary N) is 1. The molecule has 0 unspecified atom stereocenters. The summed E-state index contributed by atoms with van der Waals surface area (Å²) in [5.41, 5.74) is 2.73. The van der Waals surface area contributed by atoms with Crippen LogP contribution < -0.4 is 5.32 Å². The van der Waals surface area contributed by atoms with E-state index >= 15 is 0 Å². The van der Waals surface area contributed by atoms with Crippen molar-refractivity contribution in [1.82, 2.24) is 15.2 Å². The lowest BCUT2D eigenvalue weighted by Gasteiger charge is -2.07. The Balaban J connectivity index is 1.60. The monoisotopic (exact) mass is 290 g/mol. The maximum absolute atomic E-state index is 12.3. The molecule has 2 heterocycles. The molecule has 3 aromatic rings. The van der Waals surface area contributed by atoms with Gasteiger partial charge in [-0.3, -0.25) is 9.78 Å². The van der Waals surface area contributed by atoms with Gasteiger partial charge < -0.3 is 5.32 Å². The fourth-order valence-corrected chi connectivity index (χ4v) is 2.45. The van der Waals surface area contributed by atoms with Gasteiger partial charge in [0.05, 0.1) is 16.9 Å². The molecule has 0 atom stereocenters. The number of benzene rings is 1. The smallest absolute Gasteiger partial charge is 0.276 e. The Bertz CT molecular complexity index is 835. The van der Waals surface area contributed by atoms with E-state index in [9.17, 15) is 4.79 Å². The predicted molar refractivity (Wildman–Crippen MR) is 83.7 cm³/mol. The van der Waals surface area contributed by atoms with Crippen LogP contribution >= 0.6 is 0 Å². The molecule has 0 spiro atoms. The Hall–Kier alpha value is -2.82. The van der Waals surface area contributed by atoms with E-state index in [1.807, 2.05) is 36.4 Å². The lowest BCUT2D eigenvalue weighted by Crippen LogP contribution is -2.15. The van der Waals surface area contributed by atoms with E-state index in [4.69, 9.17) is 0 Å². The molecule has 1 aliphatic rings. The number of hydrogen-bond donors (Lipinski definition) is 1. The highest BCUT2D eigenvalue weighted by Gasteiger charge is 2.25. The quantitative estimate of drug-likeness (QED) is 0.804. The van der Waals surface area contributed by atoms with Gasteiger partial charge in [-0.25, -0.2) is 0 Å². The van der Waals surface area contributed by atoms with Crippen molar-refractivity contribution in [3.8, 4) is 0 Å². The van der Waals surface area contributed by atoms with Gasteiger partial charge in [-0.05, 0) is 37.1 Å². The number of carbonyl (C=O) groups excluding carboxylic acids is 1. The Kier molecular flexibility index (Phi) is 3.04. The van der Waals surface area contributed by atoms with Crippen LogP contribution in [0.15, 0.2) is 48.7 Å². The molecule has 1 aromatic carbocycles. The van der Waals surface area contributed by atoms with E-state index in [1.54, 1.807) is 12.3 Å². The van der Waals surface area contributed by atoms with Crippen LogP contribution in [0.25, 0.3) is 10.9 Å². The average molecular weight is 290 g/mol. The second-order valence-electron chi connectivity index (χ2n) is 5.45. The molecule has 1 N–H and O–H groups in total. The van der Waals surface area contributed by atoms with E-state index in [-0.39, 0.29) is 5.91 Å². The first-order valence-electron chi connectivity index (χ1n) is 7.30. The molecule has 1 amide bonds. The van der Waals surface area contributed by atoms with E-state index in [2.05, 4.69) is 20.5 Å². The van der Waals surface area contributed by atoms with Gasteiger partial charge in [0.25, 0.3) is 5.91 Å². The SMILES string of the molecule is O=C(Nc1cccc2cccnc12)c1ccc(C2CC2)nn1. The number of anilines is 1. The topological polar surface area (TPSA) is 67.8 Å². The van der Waals surface area contributed by atoms with Crippen LogP contribution in [-0.2, 0) is 0 Å². The summed E-state index contributed by atoms with van der Waals surface area (Å²) in [4.78, 5) is 16.6. The summed E-state index contributed by atoms with van der Waals surface area (Å²) in [7, 11) is 0. The number of hydrogen-bond acceptors (Lipinski definition) is 4. The van der Waals surface area contributed by atoms with Crippen molar-refractivity contribution >= 4 is 22.5 Å². The zero-order chi connectivity index (χ0) is 14.9. The number of aromatic nitrogens is 3. The molecule has 1 saturated carbocycles. The molecule has 1 aliphatic carbocycles. The minimum Gasteiger partial charge on any atom is -0.319 e. The zero-order valence-electron chi connectivity index (χ0n) is 11.9. The lowest BCUT2D eigenvalue weighted by molar-refractivity contribution is 0.102. The molecule has 0 radical (unpaired) electrons. The molecule has 0 aliphatic heterocycles. The average Bonchev–Trinajstić information content (AvgIpc) is 3.40. The minimum atomic E-state index is -0.270. The fraction of sp³-hybridized carbons (Fsp3) is 0.176. The standard InChI is InChI=1S/C17H14N4O/c22-17(15-9-8-13(20-21-15)11-6-7-11)19-14-5-1-3-12-4-2-10-18-16(12)14/h1-5,8-11H,6-7H2,(H,19,22). The normalized spacial score (nSPS) is 14.0. The molecule has 108 valence electrons. The summed E-state index contributed by atoms with van der Waals surface area (Å²) in [5, 5.41) is 12.0. The van der Waals surface area contributed by atoms with Crippen molar-refractivity contribution in [2.45, 2.75) is 18.8 Å². The summed E-state index contributed by atoms with van der Waals surface area (Å²) in [5.74, 6) is 0.264. The third kappa shape index (κ3) is 2.41. The van der Waals surface area contributed by atoms with Crippen molar-refractivity contribution in [2.24, 2.45) is 0 Å². The summed E-state index contributed by atoms with van der Waals surface area (Å²) >= 11 is 0. The molecule has 4 rings (SSSR count). The molecule has 2 aromatic heterocycles. The van der Waals surface area contributed by atoms with Crippen LogP contribution in [0.5, 0.6) is 0 Å². The molecular weight excluding hydrogens is 276 g/mol. The number of para-hydroxylation sites is 1. The number of pyridine rings is 1. The summed E-state index contributed by atoms with van der Waals surface area (Å²) in [6.07, 6.45) is 4.05. The van der Waals surface area contributed by atoms with Crippen molar-refractivity contribution in [3.63, 3.8) is 0 Å². The van der Waals surface area contributed by atoms with Crippen LogP contribution in [-0.4, -0.2) is 21.1 Å². The van der Waals surface area contributed by atoms with E-state index in [0.717, 1.165) is 16.6 Å². The number of nitrogens with zero attached hydrogens (tertiary/aromatic N) is 3. The Labute approximate surface area is 127 Å². The largest absolute Gasteiger partial charge is 0.319 e. The molecule has 5 heteroatoms. The van der Waals surface area contributed by atoms with E-state index < -0.39 is 0 Å². The molecule has 0 bridgehead atoms. The molecule has 0 saturated heterocycles. The minimum absolute atomic E-state index is 0.270. The highest BCUT2D eigenvalue weighted by atomic mass is 16.1. The van der Waals surface area contributed by atoms with E-state index in [1.165, 1.54) is 12.8 Å². The van der Waals surface area contributed by atoms with Crippen molar-refractivity contribution in [1.29, 1.82) is 0 Å². The fourth-order valence-electron chi connectivity index (χ4n) is 2.45. The second-order valence-corrected chi connectivity index (χ2v) is 5.45. The van der Waals surface area contributed by atoms with Crippen LogP contribution in [0, 0.1) is 0 Å². The van der Waals surface area contributed by atoms with Gasteiger partial charge in [-0.2, -0.15) is 5.10 Å². The van der Waals surface area contributed by atoms with Gasteiger partial charge in [-0.15, -0.1) is 5.10 Å². The number of carbonyl (C=O) groups is 1. The third-order valence-electron chi connectivity index (χ3n) is 3.79. The van der Waals surface area contributed by atoms with Gasteiger partial charge in [0.2, 0.25) is 0 Å². The number of fused-ring (bicyclic) bond motifs is 1. The third-order valence-corrected chi connectivity index (χ3v) is 3.79. The summed E-state index contributed by atoms with van der Waals surface area (Å²) in [6.45, 7) is 0. The van der Waals surface area contributed by atoms with Crippen LogP contribution in [0.2, 0.25) is 0 Å². The Morgan fingerprint density at radius 1 is 1.05 bits per heavy atom. The van der Waals surface area contributed by atoms with Crippen molar-refractivity contribution in [2.75, 3.05) is 5.32 Å². The van der Waals surface area contributed by atoms with Gasteiger partial charge >= 0.3 is 0 Å². The predicted octanol–water partition coefficient (Wildman–Crippen LogP) is 3.15. The first-order valence-corrected chi connectivity index (χ1v) is 7.30. The Morgan fingerprint density at radius 3 is 2.68 bits per heavy atom. The molecular formula is C17H14N4O. The number of rotatable bonds is 3. The van der Waals surface area contributed by atoms with Crippen molar-refractivity contribution in [3.05, 3.63) is 60.0 Å². The Morgan fingerprint density at radius 2 is 1.91 bits per heavy atom. The van der Waals surface area contributed by atoms with E-state index in [0.29, 0.717) is 17.3 Å². The van der Waals surface area contributed by atoms with Gasteiger partial charge in [-0.1, -0.05) is 18.2 Å². The van der Waals surface area contributed by atoms with Crippen molar-refractivity contribution < 1.29 is 4.79 Å². The zero-order valence-corrected chi connectivity index (χ0v) is 11.9. The second kappa shape index (κ2) is 5.18. The highest BCUT2D eigenvalue weighted by molar-refractivity contribution is 6.07. The summed E-state index contributed by atoms with van der Waals surface area (Å²) in [6, 6.07) is 13.1. The maximum Gasteiger partial charge on any atom is 0.276 e. The number of amides is 1. The summed E-state index contributed by atoms with van der Waals surface area (Å²) < 4.78 is 0. The molecule has 1 fully saturated rings.